The van der Waals surface area contributed by atoms with E-state index in [0.29, 0.717) is 36.4 Å². The lowest BCUT2D eigenvalue weighted by molar-refractivity contribution is -0.145. The summed E-state index contributed by atoms with van der Waals surface area (Å²) in [5.74, 6) is -4.84. The second-order valence-electron chi connectivity index (χ2n) is 17.3. The third-order valence-electron chi connectivity index (χ3n) is 12.2. The second kappa shape index (κ2) is 23.9. The molecule has 3 heterocycles. The Morgan fingerprint density at radius 1 is 0.712 bits per heavy atom. The minimum Gasteiger partial charge on any atom is -0.508 e. The number of hydrogen-bond donors (Lipinski definition) is 7. The van der Waals surface area contributed by atoms with Crippen LogP contribution >= 0.6 is 0 Å². The van der Waals surface area contributed by atoms with Crippen LogP contribution in [0.15, 0.2) is 36.4 Å². The zero-order chi connectivity index (χ0) is 48.1. The van der Waals surface area contributed by atoms with Crippen molar-refractivity contribution in [3.63, 3.8) is 0 Å². The molecule has 2 aliphatic rings. The van der Waals surface area contributed by atoms with Crippen LogP contribution < -0.4 is 5.32 Å². The number of benzene rings is 2. The molecule has 2 aromatic carbocycles. The molecule has 2 aliphatic heterocycles. The molecule has 0 saturated carbocycles. The van der Waals surface area contributed by atoms with Gasteiger partial charge in [-0.2, -0.15) is 0 Å². The maximum absolute atomic E-state index is 13.6. The summed E-state index contributed by atoms with van der Waals surface area (Å²) in [6, 6.07) is 9.41. The number of aromatic nitrogens is 3. The number of carboxylic acids is 4. The zero-order valence-corrected chi connectivity index (χ0v) is 37.8. The van der Waals surface area contributed by atoms with Crippen LogP contribution in [0.3, 0.4) is 0 Å². The standard InChI is InChI=1S/C45H63N9O12/c1-4-46-44(64)43-48-47-42(34-24-33(29(2)3)36(55)25-37(34)56)54(43)32-7-5-30(6-8-32)23-31-11-13-53(14-12-31)38(57)10-9-35(45(65)66)52-21-19-50(27-40(60)61)17-15-49(26-39(58)59)16-18-51(20-22-52)28-41(62)63/h5-8,24-25,29,31,35,55-56H,4,9-23,26-28H2,1-3H3,(H,46,64)(H,58,59)(H,60,61)(H,62,63)(H,65,66). The predicted octanol–water partition coefficient (Wildman–Crippen LogP) is 1.71. The average Bonchev–Trinajstić information content (AvgIpc) is 3.69. The highest BCUT2D eigenvalue weighted by Crippen LogP contribution is 2.38. The molecule has 5 rings (SSSR count). The molecule has 21 nitrogen and oxygen atoms in total. The minimum absolute atomic E-state index is 0.00802. The van der Waals surface area contributed by atoms with Crippen LogP contribution in [0.2, 0.25) is 0 Å². The van der Waals surface area contributed by atoms with Crippen molar-refractivity contribution in [2.45, 2.75) is 64.8 Å². The number of nitrogens with one attached hydrogen (secondary N) is 1. The van der Waals surface area contributed by atoms with Crippen molar-refractivity contribution in [3.05, 3.63) is 53.3 Å². The van der Waals surface area contributed by atoms with Crippen molar-refractivity contribution in [2.75, 3.05) is 91.6 Å². The first kappa shape index (κ1) is 50.8. The number of likely N-dealkylation sites (tertiary alicyclic amines) is 1. The predicted molar refractivity (Wildman–Crippen MR) is 240 cm³/mol. The first-order valence-electron chi connectivity index (χ1n) is 22.4. The van der Waals surface area contributed by atoms with Crippen molar-refractivity contribution in [2.24, 2.45) is 5.92 Å². The molecule has 0 aliphatic carbocycles. The van der Waals surface area contributed by atoms with E-state index < -0.39 is 35.8 Å². The molecule has 7 N–H and O–H groups in total. The third-order valence-corrected chi connectivity index (χ3v) is 12.2. The molecular weight excluding hydrogens is 859 g/mol. The molecule has 360 valence electrons. The Kier molecular flexibility index (Phi) is 18.4. The Morgan fingerprint density at radius 2 is 1.24 bits per heavy atom. The molecule has 66 heavy (non-hydrogen) atoms. The average molecular weight is 922 g/mol. The van der Waals surface area contributed by atoms with Crippen LogP contribution in [0.1, 0.15) is 74.1 Å². The van der Waals surface area contributed by atoms with Gasteiger partial charge in [0.15, 0.2) is 5.82 Å². The molecule has 1 aromatic heterocycles. The van der Waals surface area contributed by atoms with Gasteiger partial charge in [0.25, 0.3) is 5.91 Å². The summed E-state index contributed by atoms with van der Waals surface area (Å²) in [6.45, 7) is 7.35. The molecule has 0 radical (unpaired) electrons. The Hall–Kier alpha value is -6.16. The van der Waals surface area contributed by atoms with Gasteiger partial charge in [-0.05, 0) is 73.8 Å². The summed E-state index contributed by atoms with van der Waals surface area (Å²) in [5.41, 5.74) is 2.52. The molecule has 0 spiro atoms. The third kappa shape index (κ3) is 14.2. The largest absolute Gasteiger partial charge is 0.508 e. The lowest BCUT2D eigenvalue weighted by atomic mass is 9.90. The van der Waals surface area contributed by atoms with Gasteiger partial charge in [0.1, 0.15) is 17.5 Å². The number of rotatable bonds is 18. The molecule has 2 saturated heterocycles. The smallest absolute Gasteiger partial charge is 0.320 e. The quantitative estimate of drug-likeness (QED) is 0.0956. The van der Waals surface area contributed by atoms with Gasteiger partial charge in [-0.3, -0.25) is 52.9 Å². The van der Waals surface area contributed by atoms with Gasteiger partial charge in [-0.1, -0.05) is 26.0 Å². The molecule has 3 aromatic rings. The van der Waals surface area contributed by atoms with E-state index in [1.807, 2.05) is 38.1 Å². The van der Waals surface area contributed by atoms with E-state index in [1.54, 1.807) is 42.1 Å². The summed E-state index contributed by atoms with van der Waals surface area (Å²) < 4.78 is 1.57. The van der Waals surface area contributed by atoms with Crippen LogP contribution in [0.5, 0.6) is 11.5 Å². The van der Waals surface area contributed by atoms with Crippen LogP contribution in [0.4, 0.5) is 0 Å². The van der Waals surface area contributed by atoms with Gasteiger partial charge in [0, 0.05) is 90.2 Å². The molecule has 1 unspecified atom stereocenters. The fourth-order valence-electron chi connectivity index (χ4n) is 8.62. The van der Waals surface area contributed by atoms with Gasteiger partial charge in [-0.15, -0.1) is 10.2 Å². The Labute approximate surface area is 383 Å². The number of hydrogen-bond acceptors (Lipinski definition) is 14. The number of aliphatic carboxylic acids is 4. The number of nitrogens with zero attached hydrogens (tertiary/aromatic N) is 8. The Bertz CT molecular complexity index is 2140. The number of piperidine rings is 1. The van der Waals surface area contributed by atoms with Crippen molar-refractivity contribution < 1.29 is 59.4 Å². The lowest BCUT2D eigenvalue weighted by Crippen LogP contribution is -2.52. The summed E-state index contributed by atoms with van der Waals surface area (Å²) in [4.78, 5) is 82.7. The molecule has 1 atom stereocenters. The number of phenolic OH excluding ortho intramolecular Hbond substituents is 2. The minimum atomic E-state index is -1.15. The first-order valence-corrected chi connectivity index (χ1v) is 22.4. The highest BCUT2D eigenvalue weighted by Gasteiger charge is 2.31. The van der Waals surface area contributed by atoms with E-state index in [-0.39, 0.29) is 126 Å². The molecule has 2 amide bonds. The molecule has 21 heteroatoms. The van der Waals surface area contributed by atoms with E-state index in [1.165, 1.54) is 6.07 Å². The van der Waals surface area contributed by atoms with Gasteiger partial charge in [0.05, 0.1) is 25.2 Å². The highest BCUT2D eigenvalue weighted by atomic mass is 16.4. The van der Waals surface area contributed by atoms with E-state index in [9.17, 15) is 59.4 Å². The van der Waals surface area contributed by atoms with Crippen LogP contribution in [0, 0.1) is 5.92 Å². The topological polar surface area (TPSA) is 283 Å². The van der Waals surface area contributed by atoms with E-state index in [2.05, 4.69) is 15.5 Å². The highest BCUT2D eigenvalue weighted by molar-refractivity contribution is 5.92. The van der Waals surface area contributed by atoms with Gasteiger partial charge >= 0.3 is 23.9 Å². The second-order valence-corrected chi connectivity index (χ2v) is 17.3. The number of phenols is 2. The summed E-state index contributed by atoms with van der Waals surface area (Å²) in [5, 5.41) is 71.5. The fourth-order valence-corrected chi connectivity index (χ4v) is 8.62. The van der Waals surface area contributed by atoms with Crippen molar-refractivity contribution >= 4 is 35.7 Å². The van der Waals surface area contributed by atoms with Crippen molar-refractivity contribution in [1.82, 2.24) is 44.6 Å². The lowest BCUT2D eigenvalue weighted by Gasteiger charge is -2.36. The SMILES string of the molecule is CCNC(=O)c1nnc(-c2cc(C(C)C)c(O)cc2O)n1-c1ccc(CC2CCN(C(=O)CCC(C(=O)O)N3CCN(CC(=O)O)CCN(CC(=O)O)CCN(CC(=O)O)CC3)CC2)cc1. The van der Waals surface area contributed by atoms with Crippen LogP contribution in [0.25, 0.3) is 17.1 Å². The first-order chi connectivity index (χ1) is 31.4. The maximum atomic E-state index is 13.6. The summed E-state index contributed by atoms with van der Waals surface area (Å²) in [6.07, 6.45) is 2.12. The van der Waals surface area contributed by atoms with E-state index in [4.69, 9.17) is 0 Å². The van der Waals surface area contributed by atoms with Gasteiger partial charge < -0.3 is 40.9 Å². The maximum Gasteiger partial charge on any atom is 0.320 e. The molecule has 0 bridgehead atoms. The number of aromatic hydroxyl groups is 2. The number of carbonyl (C=O) groups is 6. The summed E-state index contributed by atoms with van der Waals surface area (Å²) >= 11 is 0. The zero-order valence-electron chi connectivity index (χ0n) is 37.8. The summed E-state index contributed by atoms with van der Waals surface area (Å²) in [7, 11) is 0. The number of carbonyl (C=O) groups excluding carboxylic acids is 2. The van der Waals surface area contributed by atoms with Crippen molar-refractivity contribution in [1.29, 1.82) is 0 Å². The monoisotopic (exact) mass is 921 g/mol. The van der Waals surface area contributed by atoms with Gasteiger partial charge in [-0.25, -0.2) is 0 Å². The Morgan fingerprint density at radius 3 is 1.73 bits per heavy atom. The number of carboxylic acid groups (broad SMARTS) is 4. The van der Waals surface area contributed by atoms with E-state index in [0.717, 1.165) is 24.8 Å². The molecule has 2 fully saturated rings. The van der Waals surface area contributed by atoms with Gasteiger partial charge in [0.2, 0.25) is 11.7 Å². The Balaban J connectivity index is 1.22. The van der Waals surface area contributed by atoms with Crippen molar-refractivity contribution in [3.8, 4) is 28.6 Å². The van der Waals surface area contributed by atoms with Crippen LogP contribution in [-0.4, -0.2) is 203 Å². The van der Waals surface area contributed by atoms with Crippen LogP contribution in [-0.2, 0) is 30.4 Å². The van der Waals surface area contributed by atoms with E-state index >= 15 is 0 Å². The number of amides is 2. The fraction of sp³-hybridized carbons (Fsp3) is 0.556. The normalized spacial score (nSPS) is 17.2. The molecular formula is C45H63N9O12.